The van der Waals surface area contributed by atoms with Crippen molar-refractivity contribution in [2.45, 2.75) is 19.5 Å². The van der Waals surface area contributed by atoms with E-state index in [4.69, 9.17) is 11.6 Å². The fourth-order valence-electron chi connectivity index (χ4n) is 1.66. The molecule has 18 heavy (non-hydrogen) atoms. The van der Waals surface area contributed by atoms with Gasteiger partial charge in [-0.15, -0.1) is 0 Å². The molecule has 0 amide bonds. The lowest BCUT2D eigenvalue weighted by Crippen LogP contribution is -2.19. The number of hydrogen-bond acceptors (Lipinski definition) is 2. The van der Waals surface area contributed by atoms with E-state index in [0.29, 0.717) is 17.1 Å². The van der Waals surface area contributed by atoms with Crippen LogP contribution in [0.4, 0.5) is 4.39 Å². The van der Waals surface area contributed by atoms with Crippen LogP contribution in [0.25, 0.3) is 0 Å². The molecule has 0 saturated carbocycles. The summed E-state index contributed by atoms with van der Waals surface area (Å²) in [5, 5.41) is 3.64. The van der Waals surface area contributed by atoms with Crippen molar-refractivity contribution < 1.29 is 4.39 Å². The standard InChI is InChI=1S/C14H14ClFN2/c1-10(14-4-2-3-7-17-14)18-9-11-5-6-12(15)8-13(11)16/h2-8,10,18H,9H2,1H3/t10-/m1/s1. The third-order valence-corrected chi connectivity index (χ3v) is 2.98. The van der Waals surface area contributed by atoms with Crippen LogP contribution >= 0.6 is 11.6 Å². The van der Waals surface area contributed by atoms with Gasteiger partial charge in [-0.2, -0.15) is 0 Å². The molecule has 0 bridgehead atoms. The predicted octanol–water partition coefficient (Wildman–Crippen LogP) is 3.72. The molecule has 0 aliphatic rings. The first-order chi connectivity index (χ1) is 8.66. The molecule has 0 spiro atoms. The Balaban J connectivity index is 1.99. The van der Waals surface area contributed by atoms with E-state index in [1.807, 2.05) is 25.1 Å². The topological polar surface area (TPSA) is 24.9 Å². The number of nitrogens with one attached hydrogen (secondary N) is 1. The van der Waals surface area contributed by atoms with E-state index in [2.05, 4.69) is 10.3 Å². The van der Waals surface area contributed by atoms with Crippen molar-refractivity contribution in [3.63, 3.8) is 0 Å². The van der Waals surface area contributed by atoms with Crippen LogP contribution in [0.1, 0.15) is 24.2 Å². The zero-order valence-corrected chi connectivity index (χ0v) is 10.8. The molecule has 0 aliphatic heterocycles. The first kappa shape index (κ1) is 13.0. The number of benzene rings is 1. The van der Waals surface area contributed by atoms with Crippen molar-refractivity contribution >= 4 is 11.6 Å². The molecule has 1 aromatic heterocycles. The SMILES string of the molecule is C[C@@H](NCc1ccc(Cl)cc1F)c1ccccn1. The average Bonchev–Trinajstić information content (AvgIpc) is 2.38. The maximum Gasteiger partial charge on any atom is 0.129 e. The van der Waals surface area contributed by atoms with Gasteiger partial charge in [-0.05, 0) is 31.2 Å². The molecule has 1 heterocycles. The summed E-state index contributed by atoms with van der Waals surface area (Å²) in [5.74, 6) is -0.289. The van der Waals surface area contributed by atoms with Gasteiger partial charge in [0.15, 0.2) is 0 Å². The first-order valence-corrected chi connectivity index (χ1v) is 6.13. The molecule has 2 aromatic rings. The molecule has 0 aliphatic carbocycles. The Hall–Kier alpha value is -1.45. The fraction of sp³-hybridized carbons (Fsp3) is 0.214. The number of pyridine rings is 1. The second-order valence-electron chi connectivity index (χ2n) is 4.09. The number of aromatic nitrogens is 1. The minimum Gasteiger partial charge on any atom is -0.305 e. The van der Waals surface area contributed by atoms with E-state index >= 15 is 0 Å². The largest absolute Gasteiger partial charge is 0.305 e. The second kappa shape index (κ2) is 5.94. The summed E-state index contributed by atoms with van der Waals surface area (Å²) in [6.45, 7) is 2.44. The van der Waals surface area contributed by atoms with E-state index in [1.54, 1.807) is 18.3 Å². The Morgan fingerprint density at radius 1 is 1.33 bits per heavy atom. The van der Waals surface area contributed by atoms with Crippen molar-refractivity contribution in [1.29, 1.82) is 0 Å². The van der Waals surface area contributed by atoms with E-state index in [1.165, 1.54) is 6.07 Å². The second-order valence-corrected chi connectivity index (χ2v) is 4.53. The van der Waals surface area contributed by atoms with E-state index in [9.17, 15) is 4.39 Å². The molecule has 1 atom stereocenters. The van der Waals surface area contributed by atoms with Crippen LogP contribution in [-0.4, -0.2) is 4.98 Å². The molecular weight excluding hydrogens is 251 g/mol. The number of halogens is 2. The number of hydrogen-bond donors (Lipinski definition) is 1. The quantitative estimate of drug-likeness (QED) is 0.910. The van der Waals surface area contributed by atoms with E-state index in [0.717, 1.165) is 5.69 Å². The number of nitrogens with zero attached hydrogens (tertiary/aromatic N) is 1. The van der Waals surface area contributed by atoms with Gasteiger partial charge in [0.05, 0.1) is 5.69 Å². The van der Waals surface area contributed by atoms with Gasteiger partial charge in [0, 0.05) is 29.4 Å². The normalized spacial score (nSPS) is 12.4. The van der Waals surface area contributed by atoms with Gasteiger partial charge in [0.1, 0.15) is 5.82 Å². The van der Waals surface area contributed by atoms with Crippen LogP contribution in [-0.2, 0) is 6.54 Å². The highest BCUT2D eigenvalue weighted by atomic mass is 35.5. The summed E-state index contributed by atoms with van der Waals surface area (Å²) < 4.78 is 13.6. The molecule has 0 unspecified atom stereocenters. The van der Waals surface area contributed by atoms with E-state index in [-0.39, 0.29) is 11.9 Å². The van der Waals surface area contributed by atoms with Gasteiger partial charge >= 0.3 is 0 Å². The minimum atomic E-state index is -0.289. The van der Waals surface area contributed by atoms with Gasteiger partial charge in [-0.1, -0.05) is 23.7 Å². The van der Waals surface area contributed by atoms with Gasteiger partial charge in [0.2, 0.25) is 0 Å². The molecule has 0 fully saturated rings. The Morgan fingerprint density at radius 3 is 2.83 bits per heavy atom. The number of rotatable bonds is 4. The molecule has 4 heteroatoms. The summed E-state index contributed by atoms with van der Waals surface area (Å²) >= 11 is 5.71. The molecule has 2 nitrogen and oxygen atoms in total. The summed E-state index contributed by atoms with van der Waals surface area (Å²) in [6, 6.07) is 10.5. The molecular formula is C14H14ClFN2. The van der Waals surface area contributed by atoms with Gasteiger partial charge in [0.25, 0.3) is 0 Å². The summed E-state index contributed by atoms with van der Waals surface area (Å²) in [6.07, 6.45) is 1.75. The zero-order chi connectivity index (χ0) is 13.0. The lowest BCUT2D eigenvalue weighted by molar-refractivity contribution is 0.536. The zero-order valence-electron chi connectivity index (χ0n) is 10.0. The maximum atomic E-state index is 13.6. The third kappa shape index (κ3) is 3.28. The van der Waals surface area contributed by atoms with Crippen LogP contribution in [0.2, 0.25) is 5.02 Å². The first-order valence-electron chi connectivity index (χ1n) is 5.75. The van der Waals surface area contributed by atoms with Crippen LogP contribution in [0, 0.1) is 5.82 Å². The highest BCUT2D eigenvalue weighted by Gasteiger charge is 2.07. The highest BCUT2D eigenvalue weighted by molar-refractivity contribution is 6.30. The Bertz CT molecular complexity index is 516. The van der Waals surface area contributed by atoms with Gasteiger partial charge in [-0.25, -0.2) is 4.39 Å². The lowest BCUT2D eigenvalue weighted by atomic mass is 10.1. The maximum absolute atomic E-state index is 13.6. The third-order valence-electron chi connectivity index (χ3n) is 2.75. The summed E-state index contributed by atoms with van der Waals surface area (Å²) in [4.78, 5) is 4.25. The minimum absolute atomic E-state index is 0.0706. The van der Waals surface area contributed by atoms with Gasteiger partial charge in [-0.3, -0.25) is 4.98 Å². The van der Waals surface area contributed by atoms with Crippen molar-refractivity contribution in [3.8, 4) is 0 Å². The molecule has 0 saturated heterocycles. The highest BCUT2D eigenvalue weighted by Crippen LogP contribution is 2.16. The van der Waals surface area contributed by atoms with Crippen LogP contribution in [0.15, 0.2) is 42.6 Å². The Kier molecular flexibility index (Phi) is 4.28. The van der Waals surface area contributed by atoms with Crippen molar-refractivity contribution in [1.82, 2.24) is 10.3 Å². The Labute approximate surface area is 111 Å². The van der Waals surface area contributed by atoms with Crippen molar-refractivity contribution in [3.05, 3.63) is 64.7 Å². The lowest BCUT2D eigenvalue weighted by Gasteiger charge is -2.13. The molecule has 94 valence electrons. The van der Waals surface area contributed by atoms with Crippen LogP contribution < -0.4 is 5.32 Å². The summed E-state index contributed by atoms with van der Waals surface area (Å²) in [7, 11) is 0. The predicted molar refractivity (Wildman–Crippen MR) is 70.9 cm³/mol. The molecule has 0 radical (unpaired) electrons. The van der Waals surface area contributed by atoms with E-state index < -0.39 is 0 Å². The van der Waals surface area contributed by atoms with Crippen molar-refractivity contribution in [2.75, 3.05) is 0 Å². The smallest absolute Gasteiger partial charge is 0.129 e. The van der Waals surface area contributed by atoms with Gasteiger partial charge < -0.3 is 5.32 Å². The Morgan fingerprint density at radius 2 is 2.17 bits per heavy atom. The monoisotopic (exact) mass is 264 g/mol. The summed E-state index contributed by atoms with van der Waals surface area (Å²) in [5.41, 5.74) is 1.54. The van der Waals surface area contributed by atoms with Crippen LogP contribution in [0.5, 0.6) is 0 Å². The van der Waals surface area contributed by atoms with Crippen LogP contribution in [0.3, 0.4) is 0 Å². The molecule has 1 aromatic carbocycles. The fourth-order valence-corrected chi connectivity index (χ4v) is 1.82. The van der Waals surface area contributed by atoms with Crippen molar-refractivity contribution in [2.24, 2.45) is 0 Å². The molecule has 2 rings (SSSR count). The average molecular weight is 265 g/mol. The molecule has 1 N–H and O–H groups in total.